The van der Waals surface area contributed by atoms with Gasteiger partial charge in [-0.1, -0.05) is 6.92 Å². The van der Waals surface area contributed by atoms with Crippen LogP contribution in [-0.2, 0) is 6.42 Å². The fourth-order valence-corrected chi connectivity index (χ4v) is 2.09. The van der Waals surface area contributed by atoms with Gasteiger partial charge >= 0.3 is 0 Å². The van der Waals surface area contributed by atoms with E-state index in [1.54, 1.807) is 25.4 Å². The zero-order chi connectivity index (χ0) is 13.8. The number of hydrogen-bond acceptors (Lipinski definition) is 2. The molecule has 2 aromatic rings. The summed E-state index contributed by atoms with van der Waals surface area (Å²) in [5, 5.41) is 3.20. The highest BCUT2D eigenvalue weighted by Crippen LogP contribution is 2.23. The van der Waals surface area contributed by atoms with Gasteiger partial charge < -0.3 is 10.3 Å². The molecule has 0 aliphatic heterocycles. The number of imidazole rings is 1. The van der Waals surface area contributed by atoms with Gasteiger partial charge in [0, 0.05) is 36.5 Å². The highest BCUT2D eigenvalue weighted by molar-refractivity contribution is 5.29. The topological polar surface area (TPSA) is 40.7 Å². The molecular formula is C14H17F2N3. The molecule has 3 nitrogen and oxygen atoms in total. The van der Waals surface area contributed by atoms with Crippen molar-refractivity contribution >= 4 is 0 Å². The normalized spacial score (nSPS) is 12.6. The van der Waals surface area contributed by atoms with Crippen LogP contribution in [0.25, 0.3) is 0 Å². The average Bonchev–Trinajstić information content (AvgIpc) is 2.86. The molecule has 0 aliphatic carbocycles. The first-order valence-electron chi connectivity index (χ1n) is 6.29. The van der Waals surface area contributed by atoms with Crippen molar-refractivity contribution < 1.29 is 8.78 Å². The number of rotatable bonds is 5. The van der Waals surface area contributed by atoms with Gasteiger partial charge in [0.15, 0.2) is 0 Å². The molecular weight excluding hydrogens is 248 g/mol. The van der Waals surface area contributed by atoms with Crippen LogP contribution in [0.15, 0.2) is 24.5 Å². The number of benzene rings is 1. The van der Waals surface area contributed by atoms with Gasteiger partial charge in [0.2, 0.25) is 0 Å². The van der Waals surface area contributed by atoms with Crippen molar-refractivity contribution in [3.63, 3.8) is 0 Å². The smallest absolute Gasteiger partial charge is 0.130 e. The summed E-state index contributed by atoms with van der Waals surface area (Å²) < 4.78 is 27.2. The Morgan fingerprint density at radius 1 is 1.32 bits per heavy atom. The minimum absolute atomic E-state index is 0.226. The molecule has 2 rings (SSSR count). The Labute approximate surface area is 111 Å². The minimum Gasteiger partial charge on any atom is -0.349 e. The van der Waals surface area contributed by atoms with Crippen LogP contribution in [0.4, 0.5) is 8.78 Å². The summed E-state index contributed by atoms with van der Waals surface area (Å²) >= 11 is 0. The minimum atomic E-state index is -0.527. The number of aryl methyl sites for hydroxylation is 1. The van der Waals surface area contributed by atoms with Crippen LogP contribution < -0.4 is 5.32 Å². The summed E-state index contributed by atoms with van der Waals surface area (Å²) in [6.07, 6.45) is 3.91. The molecule has 1 unspecified atom stereocenters. The molecule has 0 saturated heterocycles. The zero-order valence-corrected chi connectivity index (χ0v) is 11.0. The van der Waals surface area contributed by atoms with E-state index in [2.05, 4.69) is 15.3 Å². The molecule has 0 radical (unpaired) electrons. The maximum absolute atomic E-state index is 13.9. The van der Waals surface area contributed by atoms with Crippen molar-refractivity contribution in [3.05, 3.63) is 53.1 Å². The third-order valence-corrected chi connectivity index (χ3v) is 3.06. The Bertz CT molecular complexity index is 538. The Morgan fingerprint density at radius 2 is 2.11 bits per heavy atom. The van der Waals surface area contributed by atoms with E-state index in [0.29, 0.717) is 24.1 Å². The highest BCUT2D eigenvalue weighted by Gasteiger charge is 2.18. The number of H-pyrrole nitrogens is 1. The summed E-state index contributed by atoms with van der Waals surface area (Å²) in [5.74, 6) is -0.276. The van der Waals surface area contributed by atoms with Gasteiger partial charge in [-0.05, 0) is 25.1 Å². The second-order valence-electron chi connectivity index (χ2n) is 4.47. The fourth-order valence-electron chi connectivity index (χ4n) is 2.09. The fraction of sp³-hybridized carbons (Fsp3) is 0.357. The lowest BCUT2D eigenvalue weighted by atomic mass is 10.00. The van der Waals surface area contributed by atoms with Crippen LogP contribution in [-0.4, -0.2) is 16.5 Å². The molecule has 19 heavy (non-hydrogen) atoms. The first-order chi connectivity index (χ1) is 9.11. The molecule has 0 amide bonds. The third-order valence-electron chi connectivity index (χ3n) is 3.06. The van der Waals surface area contributed by atoms with Crippen molar-refractivity contribution in [2.45, 2.75) is 26.3 Å². The Hall–Kier alpha value is -1.75. The number of halogens is 2. The lowest BCUT2D eigenvalue weighted by molar-refractivity contribution is 0.494. The van der Waals surface area contributed by atoms with Gasteiger partial charge in [-0.15, -0.1) is 0 Å². The Balaban J connectivity index is 2.30. The third kappa shape index (κ3) is 3.17. The highest BCUT2D eigenvalue weighted by atomic mass is 19.1. The van der Waals surface area contributed by atoms with Crippen LogP contribution in [0.1, 0.15) is 29.9 Å². The summed E-state index contributed by atoms with van der Waals surface area (Å²) in [7, 11) is 0. The number of hydrogen-bond donors (Lipinski definition) is 2. The quantitative estimate of drug-likeness (QED) is 0.872. The predicted octanol–water partition coefficient (Wildman–Crippen LogP) is 2.89. The molecule has 0 aliphatic rings. The molecule has 1 aromatic carbocycles. The largest absolute Gasteiger partial charge is 0.349 e. The molecule has 1 aromatic heterocycles. The van der Waals surface area contributed by atoms with E-state index in [0.717, 1.165) is 11.9 Å². The lowest BCUT2D eigenvalue weighted by Crippen LogP contribution is -2.24. The molecule has 2 N–H and O–H groups in total. The maximum Gasteiger partial charge on any atom is 0.130 e. The van der Waals surface area contributed by atoms with Crippen molar-refractivity contribution in [2.75, 3.05) is 6.54 Å². The molecule has 0 bridgehead atoms. The number of nitrogens with one attached hydrogen (secondary N) is 2. The van der Waals surface area contributed by atoms with Crippen LogP contribution in [0.3, 0.4) is 0 Å². The second kappa shape index (κ2) is 5.93. The van der Waals surface area contributed by atoms with E-state index < -0.39 is 11.6 Å². The number of aromatic amines is 1. The molecule has 0 fully saturated rings. The maximum atomic E-state index is 13.9. The predicted molar refractivity (Wildman–Crippen MR) is 69.8 cm³/mol. The van der Waals surface area contributed by atoms with Crippen LogP contribution in [0.2, 0.25) is 0 Å². The van der Waals surface area contributed by atoms with E-state index >= 15 is 0 Å². The van der Waals surface area contributed by atoms with E-state index in [1.165, 1.54) is 0 Å². The summed E-state index contributed by atoms with van der Waals surface area (Å²) in [6.45, 7) is 4.28. The van der Waals surface area contributed by atoms with Gasteiger partial charge in [0.1, 0.15) is 17.5 Å². The second-order valence-corrected chi connectivity index (χ2v) is 4.47. The molecule has 5 heteroatoms. The molecule has 102 valence electrons. The summed E-state index contributed by atoms with van der Waals surface area (Å²) in [5.41, 5.74) is 0.913. The number of likely N-dealkylation sites (N-methyl/N-ethyl adjacent to an activating group) is 1. The average molecular weight is 265 g/mol. The zero-order valence-electron chi connectivity index (χ0n) is 11.0. The van der Waals surface area contributed by atoms with Gasteiger partial charge in [-0.3, -0.25) is 0 Å². The van der Waals surface area contributed by atoms with Gasteiger partial charge in [0.05, 0.1) is 0 Å². The number of aromatic nitrogens is 2. The standard InChI is InChI=1S/C14H17F2N3/c1-3-17-13(8-14-18-4-5-19-14)10-6-9(2)11(15)7-12(10)16/h4-7,13,17H,3,8H2,1-2H3,(H,18,19). The lowest BCUT2D eigenvalue weighted by Gasteiger charge is -2.18. The SMILES string of the molecule is CCNC(Cc1ncc[nH]1)c1cc(C)c(F)cc1F. The van der Waals surface area contributed by atoms with E-state index in [9.17, 15) is 8.78 Å². The first kappa shape index (κ1) is 13.7. The molecule has 1 heterocycles. The molecule has 0 spiro atoms. The van der Waals surface area contributed by atoms with Crippen molar-refractivity contribution in [1.29, 1.82) is 0 Å². The number of nitrogens with zero attached hydrogens (tertiary/aromatic N) is 1. The molecule has 1 atom stereocenters. The van der Waals surface area contributed by atoms with Crippen LogP contribution in [0, 0.1) is 18.6 Å². The van der Waals surface area contributed by atoms with E-state index in [-0.39, 0.29) is 6.04 Å². The van der Waals surface area contributed by atoms with Crippen LogP contribution in [0.5, 0.6) is 0 Å². The summed E-state index contributed by atoms with van der Waals surface area (Å²) in [6, 6.07) is 2.27. The first-order valence-corrected chi connectivity index (χ1v) is 6.29. The van der Waals surface area contributed by atoms with Crippen molar-refractivity contribution in [3.8, 4) is 0 Å². The van der Waals surface area contributed by atoms with Gasteiger partial charge in [-0.2, -0.15) is 0 Å². The van der Waals surface area contributed by atoms with Crippen molar-refractivity contribution in [2.24, 2.45) is 0 Å². The van der Waals surface area contributed by atoms with E-state index in [1.807, 2.05) is 6.92 Å². The Morgan fingerprint density at radius 3 is 2.74 bits per heavy atom. The van der Waals surface area contributed by atoms with Crippen molar-refractivity contribution in [1.82, 2.24) is 15.3 Å². The van der Waals surface area contributed by atoms with Gasteiger partial charge in [0.25, 0.3) is 0 Å². The molecule has 0 saturated carbocycles. The summed E-state index contributed by atoms with van der Waals surface area (Å²) in [4.78, 5) is 7.13. The van der Waals surface area contributed by atoms with Gasteiger partial charge in [-0.25, -0.2) is 13.8 Å². The monoisotopic (exact) mass is 265 g/mol. The van der Waals surface area contributed by atoms with E-state index in [4.69, 9.17) is 0 Å². The Kier molecular flexibility index (Phi) is 4.27. The van der Waals surface area contributed by atoms with Crippen LogP contribution >= 0.6 is 0 Å².